The average Bonchev–Trinajstić information content (AvgIpc) is 2.85. The first-order valence-electron chi connectivity index (χ1n) is 7.65. The standard InChI is InChI=1S/C15H28N4O2S2.HI/c1-12-10-18-13(22-12)6-8-17-14(16-4)19-11-15(2,3)7-9-23(5,20)21;/h10H,6-9,11H2,1-5H3,(H2,16,17,19);1H. The van der Waals surface area contributed by atoms with Crippen molar-refractivity contribution in [3.63, 3.8) is 0 Å². The summed E-state index contributed by atoms with van der Waals surface area (Å²) in [5.41, 5.74) is -0.118. The number of halogens is 1. The third-order valence-corrected chi connectivity index (χ3v) is 5.33. The number of nitrogens with one attached hydrogen (secondary N) is 2. The smallest absolute Gasteiger partial charge is 0.191 e. The summed E-state index contributed by atoms with van der Waals surface area (Å²) >= 11 is 1.71. The van der Waals surface area contributed by atoms with Crippen molar-refractivity contribution in [3.05, 3.63) is 16.1 Å². The van der Waals surface area contributed by atoms with Crippen molar-refractivity contribution in [3.8, 4) is 0 Å². The van der Waals surface area contributed by atoms with E-state index in [4.69, 9.17) is 0 Å². The van der Waals surface area contributed by atoms with Crippen LogP contribution in [-0.2, 0) is 16.3 Å². The van der Waals surface area contributed by atoms with Crippen molar-refractivity contribution in [2.24, 2.45) is 10.4 Å². The number of hydrogen-bond donors (Lipinski definition) is 2. The van der Waals surface area contributed by atoms with Crippen molar-refractivity contribution in [1.29, 1.82) is 0 Å². The fourth-order valence-corrected chi connectivity index (χ4v) is 3.61. The molecule has 0 fully saturated rings. The maximum atomic E-state index is 11.3. The first-order valence-corrected chi connectivity index (χ1v) is 10.5. The van der Waals surface area contributed by atoms with Gasteiger partial charge < -0.3 is 10.6 Å². The molecule has 0 spiro atoms. The number of hydrogen-bond acceptors (Lipinski definition) is 5. The Morgan fingerprint density at radius 1 is 1.38 bits per heavy atom. The fraction of sp³-hybridized carbons (Fsp3) is 0.733. The summed E-state index contributed by atoms with van der Waals surface area (Å²) in [6.07, 6.45) is 4.64. The van der Waals surface area contributed by atoms with E-state index in [2.05, 4.69) is 34.5 Å². The summed E-state index contributed by atoms with van der Waals surface area (Å²) in [5, 5.41) is 7.63. The molecule has 0 radical (unpaired) electrons. The molecule has 2 N–H and O–H groups in total. The molecule has 9 heteroatoms. The largest absolute Gasteiger partial charge is 0.356 e. The molecule has 0 saturated heterocycles. The molecule has 1 aromatic rings. The van der Waals surface area contributed by atoms with Crippen LogP contribution in [-0.4, -0.2) is 51.5 Å². The second-order valence-electron chi connectivity index (χ2n) is 6.51. The van der Waals surface area contributed by atoms with Crippen LogP contribution < -0.4 is 10.6 Å². The maximum Gasteiger partial charge on any atom is 0.191 e. The molecule has 6 nitrogen and oxygen atoms in total. The molecule has 0 unspecified atom stereocenters. The van der Waals surface area contributed by atoms with E-state index in [1.54, 1.807) is 18.4 Å². The molecular weight excluding hydrogens is 459 g/mol. The zero-order valence-corrected chi connectivity index (χ0v) is 19.0. The Hall–Kier alpha value is -0.420. The van der Waals surface area contributed by atoms with E-state index in [0.717, 1.165) is 23.9 Å². The molecule has 0 bridgehead atoms. The molecule has 0 aliphatic heterocycles. The fourth-order valence-electron chi connectivity index (χ4n) is 1.90. The van der Waals surface area contributed by atoms with Crippen molar-refractivity contribution >= 4 is 51.1 Å². The van der Waals surface area contributed by atoms with Gasteiger partial charge in [-0.3, -0.25) is 4.99 Å². The number of aryl methyl sites for hydroxylation is 1. The predicted octanol–water partition coefficient (Wildman–Crippen LogP) is 2.24. The van der Waals surface area contributed by atoms with Crippen LogP contribution in [0.25, 0.3) is 0 Å². The molecule has 0 aliphatic carbocycles. The van der Waals surface area contributed by atoms with Gasteiger partial charge >= 0.3 is 0 Å². The Kier molecular flexibility index (Phi) is 10.4. The average molecular weight is 488 g/mol. The van der Waals surface area contributed by atoms with Crippen LogP contribution in [0.3, 0.4) is 0 Å². The lowest BCUT2D eigenvalue weighted by atomic mass is 9.90. The lowest BCUT2D eigenvalue weighted by Gasteiger charge is -2.25. The van der Waals surface area contributed by atoms with E-state index < -0.39 is 9.84 Å². The molecule has 0 saturated carbocycles. The highest BCUT2D eigenvalue weighted by Gasteiger charge is 2.20. The Morgan fingerprint density at radius 3 is 2.54 bits per heavy atom. The van der Waals surface area contributed by atoms with Gasteiger partial charge in [0.2, 0.25) is 0 Å². The maximum absolute atomic E-state index is 11.3. The molecule has 1 heterocycles. The first-order chi connectivity index (χ1) is 10.6. The highest BCUT2D eigenvalue weighted by atomic mass is 127. The zero-order chi connectivity index (χ0) is 17.5. The number of thiazole rings is 1. The first kappa shape index (κ1) is 23.6. The number of rotatable bonds is 8. The van der Waals surface area contributed by atoms with Gasteiger partial charge in [-0.05, 0) is 18.8 Å². The number of sulfone groups is 1. The number of guanidine groups is 1. The van der Waals surface area contributed by atoms with Gasteiger partial charge in [-0.2, -0.15) is 0 Å². The molecule has 0 aromatic carbocycles. The summed E-state index contributed by atoms with van der Waals surface area (Å²) < 4.78 is 22.6. The Labute approximate surface area is 166 Å². The SMILES string of the molecule is CN=C(NCCc1ncc(C)s1)NCC(C)(C)CCS(C)(=O)=O.I. The van der Waals surface area contributed by atoms with Crippen molar-refractivity contribution in [2.45, 2.75) is 33.6 Å². The van der Waals surface area contributed by atoms with E-state index in [0.29, 0.717) is 13.0 Å². The van der Waals surface area contributed by atoms with Gasteiger partial charge in [0.15, 0.2) is 5.96 Å². The van der Waals surface area contributed by atoms with Crippen LogP contribution in [0, 0.1) is 12.3 Å². The van der Waals surface area contributed by atoms with E-state index in [9.17, 15) is 8.42 Å². The van der Waals surface area contributed by atoms with Gasteiger partial charge in [0.25, 0.3) is 0 Å². The van der Waals surface area contributed by atoms with E-state index in [-0.39, 0.29) is 35.1 Å². The van der Waals surface area contributed by atoms with Gasteiger partial charge in [-0.15, -0.1) is 35.3 Å². The summed E-state index contributed by atoms with van der Waals surface area (Å²) in [7, 11) is -1.20. The molecule has 140 valence electrons. The van der Waals surface area contributed by atoms with E-state index in [1.807, 2.05) is 13.1 Å². The van der Waals surface area contributed by atoms with Crippen LogP contribution in [0.2, 0.25) is 0 Å². The monoisotopic (exact) mass is 488 g/mol. The van der Waals surface area contributed by atoms with Crippen LogP contribution in [0.15, 0.2) is 11.2 Å². The number of aromatic nitrogens is 1. The normalized spacial score (nSPS) is 12.6. The predicted molar refractivity (Wildman–Crippen MR) is 113 cm³/mol. The quantitative estimate of drug-likeness (QED) is 0.333. The lowest BCUT2D eigenvalue weighted by Crippen LogP contribution is -2.43. The number of nitrogens with zero attached hydrogens (tertiary/aromatic N) is 2. The third kappa shape index (κ3) is 10.4. The van der Waals surface area contributed by atoms with Crippen molar-refractivity contribution < 1.29 is 8.42 Å². The van der Waals surface area contributed by atoms with Crippen molar-refractivity contribution in [2.75, 3.05) is 32.1 Å². The highest BCUT2D eigenvalue weighted by Crippen LogP contribution is 2.19. The molecule has 24 heavy (non-hydrogen) atoms. The van der Waals surface area contributed by atoms with Gasteiger partial charge in [-0.1, -0.05) is 13.8 Å². The minimum Gasteiger partial charge on any atom is -0.356 e. The van der Waals surface area contributed by atoms with Gasteiger partial charge in [-0.25, -0.2) is 13.4 Å². The topological polar surface area (TPSA) is 83.4 Å². The second kappa shape index (κ2) is 10.5. The van der Waals surface area contributed by atoms with Crippen LogP contribution in [0.4, 0.5) is 0 Å². The Bertz CT molecular complexity index is 627. The van der Waals surface area contributed by atoms with Crippen LogP contribution in [0.1, 0.15) is 30.2 Å². The van der Waals surface area contributed by atoms with Crippen LogP contribution >= 0.6 is 35.3 Å². The van der Waals surface area contributed by atoms with Crippen molar-refractivity contribution in [1.82, 2.24) is 15.6 Å². The van der Waals surface area contributed by atoms with Crippen LogP contribution in [0.5, 0.6) is 0 Å². The minimum atomic E-state index is -2.92. The molecular formula is C15H29IN4O2S2. The summed E-state index contributed by atoms with van der Waals surface area (Å²) in [6, 6.07) is 0. The van der Waals surface area contributed by atoms with Gasteiger partial charge in [0.1, 0.15) is 9.84 Å². The lowest BCUT2D eigenvalue weighted by molar-refractivity contribution is 0.348. The summed E-state index contributed by atoms with van der Waals surface area (Å²) in [6.45, 7) is 7.58. The zero-order valence-electron chi connectivity index (χ0n) is 15.0. The molecule has 0 aliphatic rings. The molecule has 0 atom stereocenters. The number of aliphatic imine (C=N–C) groups is 1. The molecule has 1 rings (SSSR count). The Balaban J connectivity index is 0.00000529. The third-order valence-electron chi connectivity index (χ3n) is 3.41. The van der Waals surface area contributed by atoms with Gasteiger partial charge in [0.05, 0.1) is 10.8 Å². The molecule has 1 aromatic heterocycles. The highest BCUT2D eigenvalue weighted by molar-refractivity contribution is 14.0. The molecule has 0 amide bonds. The summed E-state index contributed by atoms with van der Waals surface area (Å²) in [4.78, 5) is 9.75. The Morgan fingerprint density at radius 2 is 2.04 bits per heavy atom. The minimum absolute atomic E-state index is 0. The second-order valence-corrected chi connectivity index (χ2v) is 10.1. The van der Waals surface area contributed by atoms with Gasteiger partial charge in [0, 0.05) is 43.9 Å². The summed E-state index contributed by atoms with van der Waals surface area (Å²) in [5.74, 6) is 0.933. The van der Waals surface area contributed by atoms with E-state index in [1.165, 1.54) is 11.1 Å². The van der Waals surface area contributed by atoms with E-state index >= 15 is 0 Å².